The summed E-state index contributed by atoms with van der Waals surface area (Å²) in [5, 5.41) is 10.5. The molecule has 1 amide bonds. The van der Waals surface area contributed by atoms with E-state index in [1.165, 1.54) is 35.2 Å². The molecule has 2 aromatic carbocycles. The average Bonchev–Trinajstić information content (AvgIpc) is 3.09. The fourth-order valence-corrected chi connectivity index (χ4v) is 4.43. The highest BCUT2D eigenvalue weighted by Crippen LogP contribution is 2.29. The number of carbonyl (C=O) groups excluding carboxylic acids is 1. The summed E-state index contributed by atoms with van der Waals surface area (Å²) in [6, 6.07) is 13.3. The van der Waals surface area contributed by atoms with Gasteiger partial charge < -0.3 is 5.32 Å². The van der Waals surface area contributed by atoms with Gasteiger partial charge >= 0.3 is 0 Å². The van der Waals surface area contributed by atoms with E-state index in [2.05, 4.69) is 15.5 Å². The molecular weight excluding hydrogens is 378 g/mol. The maximum Gasteiger partial charge on any atom is 0.256 e. The Morgan fingerprint density at radius 1 is 1.12 bits per heavy atom. The summed E-state index contributed by atoms with van der Waals surface area (Å²) in [4.78, 5) is 13.4. The van der Waals surface area contributed by atoms with Gasteiger partial charge in [0.15, 0.2) is 14.2 Å². The van der Waals surface area contributed by atoms with Crippen molar-refractivity contribution in [2.45, 2.75) is 14.1 Å². The van der Waals surface area contributed by atoms with Gasteiger partial charge in [0.25, 0.3) is 5.91 Å². The number of sulfone groups is 1. The maximum absolute atomic E-state index is 12.4. The molecule has 0 saturated heterocycles. The van der Waals surface area contributed by atoms with Crippen LogP contribution in [0.3, 0.4) is 0 Å². The SMILES string of the molecule is CS(=O)(=O)c1ccccc1C(=O)Nc1ccc(Sc2nncs2)cc1. The molecule has 0 fully saturated rings. The molecule has 9 heteroatoms. The van der Waals surface area contributed by atoms with Gasteiger partial charge in [-0.25, -0.2) is 8.42 Å². The van der Waals surface area contributed by atoms with Crippen LogP contribution < -0.4 is 5.32 Å². The zero-order chi connectivity index (χ0) is 17.9. The monoisotopic (exact) mass is 391 g/mol. The van der Waals surface area contributed by atoms with Crippen molar-refractivity contribution in [3.63, 3.8) is 0 Å². The van der Waals surface area contributed by atoms with Gasteiger partial charge in [-0.15, -0.1) is 10.2 Å². The van der Waals surface area contributed by atoms with E-state index in [1.807, 2.05) is 12.1 Å². The van der Waals surface area contributed by atoms with Crippen molar-refractivity contribution >= 4 is 44.5 Å². The number of nitrogens with zero attached hydrogens (tertiary/aromatic N) is 2. The van der Waals surface area contributed by atoms with Crippen LogP contribution in [0.1, 0.15) is 10.4 Å². The van der Waals surface area contributed by atoms with Gasteiger partial charge in [0.05, 0.1) is 10.5 Å². The van der Waals surface area contributed by atoms with E-state index in [-0.39, 0.29) is 10.5 Å². The second-order valence-corrected chi connectivity index (χ2v) is 9.19. The molecule has 25 heavy (non-hydrogen) atoms. The van der Waals surface area contributed by atoms with Crippen LogP contribution in [-0.4, -0.2) is 30.8 Å². The lowest BCUT2D eigenvalue weighted by Gasteiger charge is -2.09. The number of nitrogens with one attached hydrogen (secondary N) is 1. The van der Waals surface area contributed by atoms with Crippen molar-refractivity contribution < 1.29 is 13.2 Å². The van der Waals surface area contributed by atoms with Gasteiger partial charge in [0, 0.05) is 16.8 Å². The number of amides is 1. The first-order valence-corrected chi connectivity index (χ1v) is 10.7. The smallest absolute Gasteiger partial charge is 0.256 e. The zero-order valence-corrected chi connectivity index (χ0v) is 15.5. The Bertz CT molecular complexity index is 985. The largest absolute Gasteiger partial charge is 0.322 e. The molecule has 3 aromatic rings. The molecule has 0 aliphatic heterocycles. The van der Waals surface area contributed by atoms with Crippen molar-refractivity contribution in [3.05, 3.63) is 59.6 Å². The number of anilines is 1. The lowest BCUT2D eigenvalue weighted by atomic mass is 10.2. The molecule has 128 valence electrons. The predicted molar refractivity (Wildman–Crippen MR) is 98.0 cm³/mol. The minimum absolute atomic E-state index is 0.0101. The van der Waals surface area contributed by atoms with Crippen LogP contribution in [0, 0.1) is 0 Å². The molecule has 1 aromatic heterocycles. The average molecular weight is 391 g/mol. The van der Waals surface area contributed by atoms with Crippen LogP contribution in [0.4, 0.5) is 5.69 Å². The van der Waals surface area contributed by atoms with E-state index >= 15 is 0 Å². The van der Waals surface area contributed by atoms with Crippen molar-refractivity contribution in [1.29, 1.82) is 0 Å². The quantitative estimate of drug-likeness (QED) is 0.717. The first kappa shape index (κ1) is 17.6. The zero-order valence-electron chi connectivity index (χ0n) is 13.0. The van der Waals surface area contributed by atoms with Gasteiger partial charge in [-0.2, -0.15) is 0 Å². The van der Waals surface area contributed by atoms with Crippen molar-refractivity contribution in [2.75, 3.05) is 11.6 Å². The summed E-state index contributed by atoms with van der Waals surface area (Å²) in [7, 11) is -3.48. The van der Waals surface area contributed by atoms with E-state index in [1.54, 1.807) is 29.8 Å². The van der Waals surface area contributed by atoms with E-state index in [0.29, 0.717) is 5.69 Å². The molecule has 0 aliphatic rings. The van der Waals surface area contributed by atoms with Crippen molar-refractivity contribution in [3.8, 4) is 0 Å². The Labute approximate surface area is 153 Å². The number of carbonyl (C=O) groups is 1. The summed E-state index contributed by atoms with van der Waals surface area (Å²) < 4.78 is 24.5. The van der Waals surface area contributed by atoms with Crippen LogP contribution in [0.5, 0.6) is 0 Å². The number of aromatic nitrogens is 2. The van der Waals surface area contributed by atoms with E-state index in [4.69, 9.17) is 0 Å². The van der Waals surface area contributed by atoms with Crippen molar-refractivity contribution in [1.82, 2.24) is 10.2 Å². The molecule has 6 nitrogen and oxygen atoms in total. The Kier molecular flexibility index (Phi) is 5.16. The second-order valence-electron chi connectivity index (χ2n) is 5.05. The lowest BCUT2D eigenvalue weighted by molar-refractivity contribution is 0.102. The molecule has 1 N–H and O–H groups in total. The standard InChI is InChI=1S/C16H13N3O3S3/c1-25(21,22)14-5-3-2-4-13(14)15(20)18-11-6-8-12(9-7-11)24-16-19-17-10-23-16/h2-10H,1H3,(H,18,20). The van der Waals surface area contributed by atoms with Crippen molar-refractivity contribution in [2.24, 2.45) is 0 Å². The van der Waals surface area contributed by atoms with Gasteiger partial charge in [0.2, 0.25) is 0 Å². The fraction of sp³-hybridized carbons (Fsp3) is 0.0625. The summed E-state index contributed by atoms with van der Waals surface area (Å²) >= 11 is 2.92. The van der Waals surface area contributed by atoms with E-state index in [9.17, 15) is 13.2 Å². The molecule has 1 heterocycles. The first-order valence-electron chi connectivity index (χ1n) is 7.08. The number of benzene rings is 2. The van der Waals surface area contributed by atoms with E-state index in [0.717, 1.165) is 15.5 Å². The molecule has 0 unspecified atom stereocenters. The third-order valence-corrected chi connectivity index (χ3v) is 6.13. The van der Waals surface area contributed by atoms with Crippen LogP contribution in [0.2, 0.25) is 0 Å². The molecule has 0 spiro atoms. The highest BCUT2D eigenvalue weighted by molar-refractivity contribution is 8.01. The summed E-state index contributed by atoms with van der Waals surface area (Å²) in [5.74, 6) is -0.467. The lowest BCUT2D eigenvalue weighted by Crippen LogP contribution is -2.15. The predicted octanol–water partition coefficient (Wildman–Crippen LogP) is 3.35. The third-order valence-electron chi connectivity index (χ3n) is 3.19. The molecule has 0 saturated carbocycles. The van der Waals surface area contributed by atoms with Crippen LogP contribution in [0.15, 0.2) is 68.2 Å². The summed E-state index contributed by atoms with van der Waals surface area (Å²) in [5.41, 5.74) is 2.36. The highest BCUT2D eigenvalue weighted by Gasteiger charge is 2.18. The third kappa shape index (κ3) is 4.44. The normalized spacial score (nSPS) is 11.2. The Morgan fingerprint density at radius 3 is 2.48 bits per heavy atom. The number of hydrogen-bond acceptors (Lipinski definition) is 7. The molecule has 3 rings (SSSR count). The Balaban J connectivity index is 1.76. The molecule has 0 atom stereocenters. The van der Waals surface area contributed by atoms with Gasteiger partial charge in [-0.05, 0) is 36.4 Å². The Morgan fingerprint density at radius 2 is 1.84 bits per heavy atom. The molecule has 0 aliphatic carbocycles. The molecular formula is C16H13N3O3S3. The summed E-state index contributed by atoms with van der Waals surface area (Å²) in [6.45, 7) is 0. The minimum Gasteiger partial charge on any atom is -0.322 e. The van der Waals surface area contributed by atoms with Gasteiger partial charge in [-0.3, -0.25) is 4.79 Å². The maximum atomic E-state index is 12.4. The molecule has 0 radical (unpaired) electrons. The van der Waals surface area contributed by atoms with Gasteiger partial charge in [0.1, 0.15) is 5.51 Å². The fourth-order valence-electron chi connectivity index (χ4n) is 2.09. The van der Waals surface area contributed by atoms with Crippen LogP contribution in [-0.2, 0) is 9.84 Å². The minimum atomic E-state index is -3.48. The topological polar surface area (TPSA) is 89.0 Å². The highest BCUT2D eigenvalue weighted by atomic mass is 32.2. The van der Waals surface area contributed by atoms with Gasteiger partial charge in [-0.1, -0.05) is 35.2 Å². The first-order chi connectivity index (χ1) is 11.9. The Hall–Kier alpha value is -2.23. The van der Waals surface area contributed by atoms with E-state index < -0.39 is 15.7 Å². The number of hydrogen-bond donors (Lipinski definition) is 1. The van der Waals surface area contributed by atoms with Crippen LogP contribution >= 0.6 is 23.1 Å². The summed E-state index contributed by atoms with van der Waals surface area (Å²) in [6.07, 6.45) is 1.08. The molecule has 0 bridgehead atoms. The van der Waals surface area contributed by atoms with Crippen LogP contribution in [0.25, 0.3) is 0 Å². The second kappa shape index (κ2) is 7.34. The number of rotatable bonds is 5.